The Morgan fingerprint density at radius 2 is 1.57 bits per heavy atom. The van der Waals surface area contributed by atoms with Crippen LogP contribution in [0.1, 0.15) is 33.2 Å². The van der Waals surface area contributed by atoms with Crippen LogP contribution in [0.4, 0.5) is 4.39 Å². The van der Waals surface area contributed by atoms with Gasteiger partial charge in [0.1, 0.15) is 11.1 Å². The molecule has 144 valence electrons. The predicted molar refractivity (Wildman–Crippen MR) is 111 cm³/mol. The van der Waals surface area contributed by atoms with Crippen LogP contribution in [0.3, 0.4) is 0 Å². The van der Waals surface area contributed by atoms with Crippen LogP contribution in [0.15, 0.2) is 82.2 Å². The van der Waals surface area contributed by atoms with Gasteiger partial charge in [-0.25, -0.2) is 12.8 Å². The van der Waals surface area contributed by atoms with Crippen LogP contribution >= 0.6 is 15.9 Å². The summed E-state index contributed by atoms with van der Waals surface area (Å²) in [6, 6.07) is 18.7. The SMILES string of the molecule is Cc1ccc(S(=O)(=O)[C@@H](CC(=O)c2ccc(Br)cc2)c2ccccc2F)cc1. The molecule has 3 aromatic carbocycles. The van der Waals surface area contributed by atoms with Gasteiger partial charge in [-0.3, -0.25) is 4.79 Å². The minimum absolute atomic E-state index is 0.00598. The Kier molecular flexibility index (Phi) is 6.10. The summed E-state index contributed by atoms with van der Waals surface area (Å²) in [6.07, 6.45) is -0.348. The molecule has 0 heterocycles. The van der Waals surface area contributed by atoms with Crippen molar-refractivity contribution in [3.63, 3.8) is 0 Å². The summed E-state index contributed by atoms with van der Waals surface area (Å²) in [6.45, 7) is 1.85. The van der Waals surface area contributed by atoms with E-state index < -0.39 is 20.9 Å². The molecule has 0 saturated heterocycles. The highest BCUT2D eigenvalue weighted by Gasteiger charge is 2.33. The van der Waals surface area contributed by atoms with Gasteiger partial charge in [-0.2, -0.15) is 0 Å². The maximum absolute atomic E-state index is 14.5. The molecule has 0 saturated carbocycles. The molecule has 0 amide bonds. The minimum Gasteiger partial charge on any atom is -0.294 e. The highest BCUT2D eigenvalue weighted by molar-refractivity contribution is 9.10. The highest BCUT2D eigenvalue weighted by atomic mass is 79.9. The molecule has 28 heavy (non-hydrogen) atoms. The van der Waals surface area contributed by atoms with Gasteiger partial charge in [0.25, 0.3) is 0 Å². The minimum atomic E-state index is -3.97. The number of hydrogen-bond acceptors (Lipinski definition) is 3. The Hall–Kier alpha value is -2.31. The standard InChI is InChI=1S/C22H18BrFO3S/c1-15-6-12-18(13-7-15)28(26,27)22(19-4-2-3-5-20(19)24)14-21(25)16-8-10-17(23)11-9-16/h2-13,22H,14H2,1H3/t22-/m0/s1. The molecule has 0 fully saturated rings. The van der Waals surface area contributed by atoms with Crippen molar-refractivity contribution in [3.05, 3.63) is 99.8 Å². The second kappa shape index (κ2) is 8.37. The van der Waals surface area contributed by atoms with Crippen molar-refractivity contribution in [2.75, 3.05) is 0 Å². The summed E-state index contributed by atoms with van der Waals surface area (Å²) >= 11 is 3.30. The van der Waals surface area contributed by atoms with E-state index >= 15 is 0 Å². The van der Waals surface area contributed by atoms with Crippen LogP contribution in [0.2, 0.25) is 0 Å². The van der Waals surface area contributed by atoms with Gasteiger partial charge in [-0.05, 0) is 37.3 Å². The quantitative estimate of drug-likeness (QED) is 0.444. The van der Waals surface area contributed by atoms with Gasteiger partial charge in [0.05, 0.1) is 4.90 Å². The molecule has 0 radical (unpaired) electrons. The van der Waals surface area contributed by atoms with Gasteiger partial charge in [-0.1, -0.05) is 64.0 Å². The average Bonchev–Trinajstić information content (AvgIpc) is 2.67. The zero-order valence-electron chi connectivity index (χ0n) is 15.1. The Balaban J connectivity index is 2.05. The maximum atomic E-state index is 14.5. The van der Waals surface area contributed by atoms with Crippen molar-refractivity contribution in [1.82, 2.24) is 0 Å². The van der Waals surface area contributed by atoms with E-state index in [9.17, 15) is 17.6 Å². The van der Waals surface area contributed by atoms with Gasteiger partial charge in [0.2, 0.25) is 0 Å². The zero-order chi connectivity index (χ0) is 20.3. The summed E-state index contributed by atoms with van der Waals surface area (Å²) in [7, 11) is -3.97. The van der Waals surface area contributed by atoms with E-state index in [4.69, 9.17) is 0 Å². The molecule has 1 atom stereocenters. The molecule has 0 unspecified atom stereocenters. The third kappa shape index (κ3) is 4.39. The lowest BCUT2D eigenvalue weighted by Gasteiger charge is -2.19. The number of aryl methyl sites for hydroxylation is 1. The Labute approximate surface area is 172 Å². The van der Waals surface area contributed by atoms with E-state index in [-0.39, 0.29) is 22.7 Å². The number of carbonyl (C=O) groups excluding carboxylic acids is 1. The van der Waals surface area contributed by atoms with Crippen LogP contribution in [-0.2, 0) is 9.84 Å². The smallest absolute Gasteiger partial charge is 0.185 e. The molecule has 0 bridgehead atoms. The largest absolute Gasteiger partial charge is 0.294 e. The number of carbonyl (C=O) groups is 1. The van der Waals surface area contributed by atoms with Crippen molar-refractivity contribution in [2.24, 2.45) is 0 Å². The number of ketones is 1. The summed E-state index contributed by atoms with van der Waals surface area (Å²) in [5, 5.41) is -1.31. The molecule has 0 aliphatic heterocycles. The monoisotopic (exact) mass is 460 g/mol. The Bertz CT molecular complexity index is 1090. The van der Waals surface area contributed by atoms with Crippen LogP contribution in [-0.4, -0.2) is 14.2 Å². The number of benzene rings is 3. The van der Waals surface area contributed by atoms with E-state index in [2.05, 4.69) is 15.9 Å². The van der Waals surface area contributed by atoms with Gasteiger partial charge >= 0.3 is 0 Å². The third-order valence-electron chi connectivity index (χ3n) is 4.51. The molecule has 0 aliphatic carbocycles. The van der Waals surface area contributed by atoms with Crippen molar-refractivity contribution in [2.45, 2.75) is 23.5 Å². The predicted octanol–water partition coefficient (Wildman–Crippen LogP) is 5.68. The normalized spacial score (nSPS) is 12.5. The van der Waals surface area contributed by atoms with E-state index in [1.54, 1.807) is 42.5 Å². The second-order valence-corrected chi connectivity index (χ2v) is 9.55. The number of sulfone groups is 1. The Morgan fingerprint density at radius 1 is 0.964 bits per heavy atom. The fourth-order valence-electron chi connectivity index (χ4n) is 2.94. The first-order valence-corrected chi connectivity index (χ1v) is 11.0. The van der Waals surface area contributed by atoms with Crippen LogP contribution in [0.5, 0.6) is 0 Å². The van der Waals surface area contributed by atoms with Crippen LogP contribution < -0.4 is 0 Å². The fourth-order valence-corrected chi connectivity index (χ4v) is 4.94. The van der Waals surface area contributed by atoms with Crippen LogP contribution in [0.25, 0.3) is 0 Å². The van der Waals surface area contributed by atoms with E-state index in [1.807, 2.05) is 6.92 Å². The summed E-state index contributed by atoms with van der Waals surface area (Å²) in [4.78, 5) is 12.8. The molecular formula is C22H18BrFO3S. The lowest BCUT2D eigenvalue weighted by atomic mass is 10.0. The first kappa shape index (κ1) is 20.4. The molecule has 0 N–H and O–H groups in total. The molecule has 0 aromatic heterocycles. The average molecular weight is 461 g/mol. The lowest BCUT2D eigenvalue weighted by molar-refractivity contribution is 0.0980. The zero-order valence-corrected chi connectivity index (χ0v) is 17.5. The number of halogens is 2. The topological polar surface area (TPSA) is 51.2 Å². The molecule has 6 heteroatoms. The number of rotatable bonds is 6. The maximum Gasteiger partial charge on any atom is 0.185 e. The molecule has 3 nitrogen and oxygen atoms in total. The molecule has 0 aliphatic rings. The number of Topliss-reactive ketones (excluding diaryl/α,β-unsaturated/α-hetero) is 1. The van der Waals surface area contributed by atoms with Crippen LogP contribution in [0, 0.1) is 12.7 Å². The van der Waals surface area contributed by atoms with E-state index in [0.29, 0.717) is 5.56 Å². The third-order valence-corrected chi connectivity index (χ3v) is 7.14. The highest BCUT2D eigenvalue weighted by Crippen LogP contribution is 2.34. The Morgan fingerprint density at radius 3 is 2.18 bits per heavy atom. The van der Waals surface area contributed by atoms with Crippen molar-refractivity contribution >= 4 is 31.6 Å². The molecule has 3 rings (SSSR count). The van der Waals surface area contributed by atoms with Crippen molar-refractivity contribution in [1.29, 1.82) is 0 Å². The van der Waals surface area contributed by atoms with Crippen molar-refractivity contribution in [3.8, 4) is 0 Å². The first-order chi connectivity index (χ1) is 13.3. The van der Waals surface area contributed by atoms with E-state index in [0.717, 1.165) is 10.0 Å². The van der Waals surface area contributed by atoms with E-state index in [1.165, 1.54) is 30.3 Å². The summed E-state index contributed by atoms with van der Waals surface area (Å²) in [5.74, 6) is -1.01. The second-order valence-electron chi connectivity index (χ2n) is 6.50. The van der Waals surface area contributed by atoms with Gasteiger partial charge in [0, 0.05) is 22.0 Å². The lowest BCUT2D eigenvalue weighted by Crippen LogP contribution is -2.19. The van der Waals surface area contributed by atoms with Gasteiger partial charge in [0.15, 0.2) is 15.6 Å². The van der Waals surface area contributed by atoms with Gasteiger partial charge in [-0.15, -0.1) is 0 Å². The van der Waals surface area contributed by atoms with Gasteiger partial charge < -0.3 is 0 Å². The fraction of sp³-hybridized carbons (Fsp3) is 0.136. The summed E-state index contributed by atoms with van der Waals surface area (Å²) < 4.78 is 41.9. The van der Waals surface area contributed by atoms with Crippen molar-refractivity contribution < 1.29 is 17.6 Å². The first-order valence-electron chi connectivity index (χ1n) is 8.63. The molecule has 3 aromatic rings. The molecular weight excluding hydrogens is 443 g/mol. The number of hydrogen-bond donors (Lipinski definition) is 0. The molecule has 0 spiro atoms. The summed E-state index contributed by atoms with van der Waals surface area (Å²) in [5.41, 5.74) is 1.28.